The summed E-state index contributed by atoms with van der Waals surface area (Å²) >= 11 is 0. The molecule has 25 heavy (non-hydrogen) atoms. The first-order valence-corrected chi connectivity index (χ1v) is 10.0. The van der Waals surface area contributed by atoms with Gasteiger partial charge in [-0.1, -0.05) is 0 Å². The second kappa shape index (κ2) is 7.02. The van der Waals surface area contributed by atoms with Gasteiger partial charge in [-0.25, -0.2) is 13.2 Å². The zero-order chi connectivity index (χ0) is 18.0. The Kier molecular flexibility index (Phi) is 4.97. The number of carboxylic acid groups (broad SMARTS) is 1. The van der Waals surface area contributed by atoms with Gasteiger partial charge in [0.25, 0.3) is 0 Å². The maximum Gasteiger partial charge on any atom is 0.407 e. The molecule has 2 aliphatic rings. The van der Waals surface area contributed by atoms with E-state index in [2.05, 4.69) is 4.90 Å². The summed E-state index contributed by atoms with van der Waals surface area (Å²) in [4.78, 5) is 15.1. The lowest BCUT2D eigenvalue weighted by Crippen LogP contribution is -2.55. The molecule has 8 heteroatoms. The van der Waals surface area contributed by atoms with Gasteiger partial charge >= 0.3 is 6.09 Å². The van der Waals surface area contributed by atoms with Crippen LogP contribution in [-0.2, 0) is 9.84 Å². The number of amides is 1. The first-order valence-electron chi connectivity index (χ1n) is 8.37. The summed E-state index contributed by atoms with van der Waals surface area (Å²) in [7, 11) is -3.37. The summed E-state index contributed by atoms with van der Waals surface area (Å²) in [6.07, 6.45) is 1.58. The minimum absolute atomic E-state index is 0.0531. The Morgan fingerprint density at radius 1 is 1.20 bits per heavy atom. The fourth-order valence-corrected chi connectivity index (χ4v) is 5.10. The van der Waals surface area contributed by atoms with Crippen molar-refractivity contribution < 1.29 is 18.3 Å². The number of fused-ring (bicyclic) bond motifs is 2. The van der Waals surface area contributed by atoms with Gasteiger partial charge in [-0.2, -0.15) is 5.26 Å². The number of sulfone groups is 1. The van der Waals surface area contributed by atoms with E-state index in [1.807, 2.05) is 6.07 Å². The second-order valence-corrected chi connectivity index (χ2v) is 8.73. The molecule has 0 aliphatic carbocycles. The van der Waals surface area contributed by atoms with Gasteiger partial charge in [0.15, 0.2) is 9.84 Å². The van der Waals surface area contributed by atoms with Crippen LogP contribution in [0.15, 0.2) is 29.2 Å². The van der Waals surface area contributed by atoms with E-state index in [1.165, 1.54) is 29.2 Å². The molecule has 2 fully saturated rings. The molecule has 2 unspecified atom stereocenters. The normalized spacial score (nSPS) is 23.4. The SMILES string of the molecule is N#Cc1ccc(S(=O)(=O)CCCN2C3CCC2CN(C(=O)O)C3)cc1. The van der Waals surface area contributed by atoms with Crippen LogP contribution in [0.3, 0.4) is 0 Å². The molecule has 1 aromatic carbocycles. The zero-order valence-electron chi connectivity index (χ0n) is 13.8. The van der Waals surface area contributed by atoms with Gasteiger partial charge in [-0.15, -0.1) is 0 Å². The molecule has 2 saturated heterocycles. The van der Waals surface area contributed by atoms with E-state index in [0.717, 1.165) is 12.8 Å². The zero-order valence-corrected chi connectivity index (χ0v) is 14.7. The number of likely N-dealkylation sites (tertiary alicyclic amines) is 1. The van der Waals surface area contributed by atoms with Gasteiger partial charge in [0, 0.05) is 25.2 Å². The number of benzene rings is 1. The summed E-state index contributed by atoms with van der Waals surface area (Å²) < 4.78 is 24.8. The third-order valence-corrected chi connectivity index (χ3v) is 6.89. The molecule has 7 nitrogen and oxygen atoms in total. The van der Waals surface area contributed by atoms with E-state index >= 15 is 0 Å². The molecule has 134 valence electrons. The fraction of sp³-hybridized carbons (Fsp3) is 0.529. The highest BCUT2D eigenvalue weighted by atomic mass is 32.2. The number of hydrogen-bond donors (Lipinski definition) is 1. The second-order valence-electron chi connectivity index (χ2n) is 6.62. The number of hydrogen-bond acceptors (Lipinski definition) is 5. The molecular weight excluding hydrogens is 342 g/mol. The minimum Gasteiger partial charge on any atom is -0.465 e. The van der Waals surface area contributed by atoms with Crippen LogP contribution in [0.4, 0.5) is 4.79 Å². The van der Waals surface area contributed by atoms with Gasteiger partial charge < -0.3 is 10.0 Å². The van der Waals surface area contributed by atoms with Crippen molar-refractivity contribution in [1.29, 1.82) is 5.26 Å². The summed E-state index contributed by atoms with van der Waals surface area (Å²) in [6.45, 7) is 1.68. The number of piperazine rings is 1. The van der Waals surface area contributed by atoms with E-state index in [9.17, 15) is 13.2 Å². The van der Waals surface area contributed by atoms with Crippen molar-refractivity contribution in [3.05, 3.63) is 29.8 Å². The molecule has 1 aromatic rings. The molecule has 0 saturated carbocycles. The minimum atomic E-state index is -3.37. The van der Waals surface area contributed by atoms with Gasteiger partial charge in [-0.3, -0.25) is 4.90 Å². The lowest BCUT2D eigenvalue weighted by molar-refractivity contribution is 0.0632. The molecule has 2 heterocycles. The predicted molar refractivity (Wildman–Crippen MR) is 90.9 cm³/mol. The van der Waals surface area contributed by atoms with Crippen LogP contribution in [-0.4, -0.2) is 66.9 Å². The molecular formula is C17H21N3O4S. The first-order chi connectivity index (χ1) is 11.9. The summed E-state index contributed by atoms with van der Waals surface area (Å²) in [5, 5.41) is 17.9. The Hall–Kier alpha value is -2.11. The molecule has 0 spiro atoms. The highest BCUT2D eigenvalue weighted by Crippen LogP contribution is 2.30. The Morgan fingerprint density at radius 2 is 1.80 bits per heavy atom. The van der Waals surface area contributed by atoms with Crippen LogP contribution in [0.2, 0.25) is 0 Å². The molecule has 2 atom stereocenters. The summed E-state index contributed by atoms with van der Waals surface area (Å²) in [5.74, 6) is 0.0531. The van der Waals surface area contributed by atoms with E-state index in [1.54, 1.807) is 0 Å². The van der Waals surface area contributed by atoms with Gasteiger partial charge in [0.1, 0.15) is 0 Å². The number of nitrogens with zero attached hydrogens (tertiary/aromatic N) is 3. The Morgan fingerprint density at radius 3 is 2.32 bits per heavy atom. The highest BCUT2D eigenvalue weighted by molar-refractivity contribution is 7.91. The van der Waals surface area contributed by atoms with E-state index < -0.39 is 15.9 Å². The lowest BCUT2D eigenvalue weighted by Gasteiger charge is -2.39. The molecule has 1 N–H and O–H groups in total. The first kappa shape index (κ1) is 17.7. The van der Waals surface area contributed by atoms with Crippen molar-refractivity contribution in [3.8, 4) is 6.07 Å². The topological polar surface area (TPSA) is 102 Å². The monoisotopic (exact) mass is 363 g/mol. The Labute approximate surface area is 147 Å². The quantitative estimate of drug-likeness (QED) is 0.852. The van der Waals surface area contributed by atoms with Crippen molar-refractivity contribution in [2.24, 2.45) is 0 Å². The van der Waals surface area contributed by atoms with Crippen LogP contribution >= 0.6 is 0 Å². The van der Waals surface area contributed by atoms with Gasteiger partial charge in [0.2, 0.25) is 0 Å². The average Bonchev–Trinajstić information content (AvgIpc) is 2.82. The highest BCUT2D eigenvalue weighted by Gasteiger charge is 2.40. The number of rotatable bonds is 5. The lowest BCUT2D eigenvalue weighted by atomic mass is 10.2. The molecule has 2 aliphatic heterocycles. The Bertz CT molecular complexity index is 771. The van der Waals surface area contributed by atoms with Crippen LogP contribution < -0.4 is 0 Å². The fourth-order valence-electron chi connectivity index (χ4n) is 3.80. The van der Waals surface area contributed by atoms with Gasteiger partial charge in [-0.05, 0) is 50.1 Å². The summed E-state index contributed by atoms with van der Waals surface area (Å²) in [5.41, 5.74) is 0.437. The van der Waals surface area contributed by atoms with Crippen molar-refractivity contribution >= 4 is 15.9 Å². The van der Waals surface area contributed by atoms with Crippen molar-refractivity contribution in [3.63, 3.8) is 0 Å². The van der Waals surface area contributed by atoms with Crippen LogP contribution in [0, 0.1) is 11.3 Å². The van der Waals surface area contributed by atoms with Gasteiger partial charge in [0.05, 0.1) is 22.3 Å². The average molecular weight is 363 g/mol. The van der Waals surface area contributed by atoms with E-state index in [4.69, 9.17) is 10.4 Å². The van der Waals surface area contributed by atoms with Crippen LogP contribution in [0.5, 0.6) is 0 Å². The summed E-state index contributed by atoms with van der Waals surface area (Å²) in [6, 6.07) is 8.35. The molecule has 2 bridgehead atoms. The molecule has 3 rings (SSSR count). The maximum absolute atomic E-state index is 12.4. The third-order valence-electron chi connectivity index (χ3n) is 5.08. The maximum atomic E-state index is 12.4. The largest absolute Gasteiger partial charge is 0.465 e. The van der Waals surface area contributed by atoms with E-state index in [0.29, 0.717) is 31.6 Å². The van der Waals surface area contributed by atoms with Crippen LogP contribution in [0.25, 0.3) is 0 Å². The third kappa shape index (κ3) is 3.78. The number of nitriles is 1. The molecule has 1 amide bonds. The predicted octanol–water partition coefficient (Wildman–Crippen LogP) is 1.55. The van der Waals surface area contributed by atoms with Crippen molar-refractivity contribution in [2.45, 2.75) is 36.2 Å². The number of carbonyl (C=O) groups is 1. The van der Waals surface area contributed by atoms with Crippen LogP contribution in [0.1, 0.15) is 24.8 Å². The standard InChI is InChI=1S/C17H21N3O4S/c18-10-13-2-6-16(7-3-13)25(23,24)9-1-8-20-14-4-5-15(20)12-19(11-14)17(21)22/h2-3,6-7,14-15H,1,4-5,8-9,11-12H2,(H,21,22). The van der Waals surface area contributed by atoms with Crippen molar-refractivity contribution in [2.75, 3.05) is 25.4 Å². The smallest absolute Gasteiger partial charge is 0.407 e. The molecule has 0 aromatic heterocycles. The van der Waals surface area contributed by atoms with Crippen molar-refractivity contribution in [1.82, 2.24) is 9.80 Å². The molecule has 0 radical (unpaired) electrons. The Balaban J connectivity index is 1.56. The van der Waals surface area contributed by atoms with E-state index in [-0.39, 0.29) is 22.7 Å².